The van der Waals surface area contributed by atoms with E-state index in [0.29, 0.717) is 15.9 Å². The number of nitrogens with one attached hydrogen (secondary N) is 1. The summed E-state index contributed by atoms with van der Waals surface area (Å²) in [5.41, 5.74) is 0.720. The topological polar surface area (TPSA) is 88.2 Å². The van der Waals surface area contributed by atoms with E-state index in [4.69, 9.17) is 9.63 Å². The number of hydrogen-bond donors (Lipinski definition) is 2. The van der Waals surface area contributed by atoms with Gasteiger partial charge in [-0.05, 0) is 13.8 Å². The number of carboxylic acids is 1. The SMILES string of the molecule is Cc1cc(Nc2sc(C)nc2C(=O)O)on1. The van der Waals surface area contributed by atoms with E-state index in [2.05, 4.69) is 15.5 Å². The van der Waals surface area contributed by atoms with E-state index in [1.807, 2.05) is 0 Å². The molecule has 2 aromatic heterocycles. The Hall–Kier alpha value is -1.89. The van der Waals surface area contributed by atoms with E-state index in [-0.39, 0.29) is 5.69 Å². The number of thiazole rings is 1. The predicted octanol–water partition coefficient (Wildman–Crippen LogP) is 2.19. The summed E-state index contributed by atoms with van der Waals surface area (Å²) in [7, 11) is 0. The number of aromatic carboxylic acids is 1. The minimum absolute atomic E-state index is 0.00319. The molecule has 6 nitrogen and oxygen atoms in total. The van der Waals surface area contributed by atoms with Crippen LogP contribution in [0, 0.1) is 13.8 Å². The maximum Gasteiger partial charge on any atom is 0.357 e. The fraction of sp³-hybridized carbons (Fsp3) is 0.222. The maximum atomic E-state index is 10.9. The highest BCUT2D eigenvalue weighted by Crippen LogP contribution is 2.27. The molecule has 0 saturated carbocycles. The number of carbonyl (C=O) groups is 1. The minimum Gasteiger partial charge on any atom is -0.476 e. The zero-order valence-electron chi connectivity index (χ0n) is 8.64. The predicted molar refractivity (Wildman–Crippen MR) is 58.3 cm³/mol. The summed E-state index contributed by atoms with van der Waals surface area (Å²) in [6.07, 6.45) is 0. The molecule has 0 amide bonds. The average molecular weight is 239 g/mol. The van der Waals surface area contributed by atoms with Gasteiger partial charge >= 0.3 is 5.97 Å². The molecule has 0 aromatic carbocycles. The van der Waals surface area contributed by atoms with Crippen molar-refractivity contribution in [3.05, 3.63) is 22.5 Å². The van der Waals surface area contributed by atoms with Gasteiger partial charge < -0.3 is 14.9 Å². The molecule has 0 radical (unpaired) electrons. The fourth-order valence-corrected chi connectivity index (χ4v) is 2.00. The Morgan fingerprint density at radius 3 is 2.88 bits per heavy atom. The Morgan fingerprint density at radius 2 is 2.31 bits per heavy atom. The normalized spacial score (nSPS) is 10.4. The molecule has 7 heteroatoms. The summed E-state index contributed by atoms with van der Waals surface area (Å²) < 4.78 is 4.94. The number of rotatable bonds is 3. The quantitative estimate of drug-likeness (QED) is 0.853. The summed E-state index contributed by atoms with van der Waals surface area (Å²) in [5, 5.41) is 16.6. The molecule has 0 aliphatic heterocycles. The summed E-state index contributed by atoms with van der Waals surface area (Å²) in [6.45, 7) is 3.53. The molecule has 0 atom stereocenters. The lowest BCUT2D eigenvalue weighted by Crippen LogP contribution is -2.00. The first-order chi connectivity index (χ1) is 7.56. The van der Waals surface area contributed by atoms with Crippen LogP contribution in [-0.4, -0.2) is 21.2 Å². The van der Waals surface area contributed by atoms with Crippen LogP contribution >= 0.6 is 11.3 Å². The minimum atomic E-state index is -1.07. The van der Waals surface area contributed by atoms with Crippen LogP contribution in [0.15, 0.2) is 10.6 Å². The standard InChI is InChI=1S/C9H9N3O3S/c1-4-3-6(15-12-4)11-8-7(9(13)14)10-5(2)16-8/h3,11H,1-2H3,(H,13,14). The smallest absolute Gasteiger partial charge is 0.357 e. The second-order valence-electron chi connectivity index (χ2n) is 3.17. The third kappa shape index (κ3) is 2.03. The second-order valence-corrected chi connectivity index (χ2v) is 4.38. The highest BCUT2D eigenvalue weighted by atomic mass is 32.1. The van der Waals surface area contributed by atoms with Gasteiger partial charge in [0.25, 0.3) is 0 Å². The van der Waals surface area contributed by atoms with Crippen molar-refractivity contribution >= 4 is 28.2 Å². The highest BCUT2D eigenvalue weighted by molar-refractivity contribution is 7.16. The van der Waals surface area contributed by atoms with Gasteiger partial charge in [0.2, 0.25) is 5.88 Å². The fourth-order valence-electron chi connectivity index (χ4n) is 1.19. The van der Waals surface area contributed by atoms with E-state index >= 15 is 0 Å². The van der Waals surface area contributed by atoms with Crippen molar-refractivity contribution in [2.24, 2.45) is 0 Å². The van der Waals surface area contributed by atoms with Gasteiger partial charge in [-0.2, -0.15) is 0 Å². The third-order valence-electron chi connectivity index (χ3n) is 1.80. The number of hydrogen-bond acceptors (Lipinski definition) is 6. The molecule has 0 saturated heterocycles. The van der Waals surface area contributed by atoms with Crippen LogP contribution in [0.2, 0.25) is 0 Å². The van der Waals surface area contributed by atoms with Crippen molar-refractivity contribution in [2.75, 3.05) is 5.32 Å². The Bertz CT molecular complexity index is 532. The van der Waals surface area contributed by atoms with Gasteiger partial charge in [-0.3, -0.25) is 0 Å². The molecule has 2 aromatic rings. The van der Waals surface area contributed by atoms with Gasteiger partial charge in [0, 0.05) is 6.07 Å². The molecular weight excluding hydrogens is 230 g/mol. The molecule has 2 rings (SSSR count). The van der Waals surface area contributed by atoms with Crippen LogP contribution < -0.4 is 5.32 Å². The van der Waals surface area contributed by atoms with Gasteiger partial charge in [0.1, 0.15) is 5.00 Å². The van der Waals surface area contributed by atoms with Crippen molar-refractivity contribution in [1.29, 1.82) is 0 Å². The number of aryl methyl sites for hydroxylation is 2. The molecule has 0 aliphatic rings. The van der Waals surface area contributed by atoms with Crippen molar-refractivity contribution in [2.45, 2.75) is 13.8 Å². The lowest BCUT2D eigenvalue weighted by Gasteiger charge is -1.97. The van der Waals surface area contributed by atoms with Crippen LogP contribution in [0.3, 0.4) is 0 Å². The van der Waals surface area contributed by atoms with Gasteiger partial charge in [0.05, 0.1) is 10.7 Å². The van der Waals surface area contributed by atoms with Crippen molar-refractivity contribution < 1.29 is 14.4 Å². The van der Waals surface area contributed by atoms with Crippen LogP contribution in [0.25, 0.3) is 0 Å². The molecule has 0 unspecified atom stereocenters. The van der Waals surface area contributed by atoms with E-state index in [1.54, 1.807) is 19.9 Å². The summed E-state index contributed by atoms with van der Waals surface area (Å²) in [4.78, 5) is 14.8. The van der Waals surface area contributed by atoms with Crippen LogP contribution in [0.1, 0.15) is 21.2 Å². The number of aromatic nitrogens is 2. The van der Waals surface area contributed by atoms with Crippen molar-refractivity contribution in [1.82, 2.24) is 10.1 Å². The summed E-state index contributed by atoms with van der Waals surface area (Å²) in [6, 6.07) is 1.68. The molecule has 0 fully saturated rings. The molecule has 2 heterocycles. The molecule has 0 aliphatic carbocycles. The van der Waals surface area contributed by atoms with E-state index in [1.165, 1.54) is 11.3 Å². The van der Waals surface area contributed by atoms with Gasteiger partial charge in [0.15, 0.2) is 5.69 Å². The molecule has 0 spiro atoms. The lowest BCUT2D eigenvalue weighted by molar-refractivity contribution is 0.0692. The third-order valence-corrected chi connectivity index (χ3v) is 2.69. The van der Waals surface area contributed by atoms with Gasteiger partial charge in [-0.1, -0.05) is 5.16 Å². The number of anilines is 2. The summed E-state index contributed by atoms with van der Waals surface area (Å²) >= 11 is 1.26. The van der Waals surface area contributed by atoms with Gasteiger partial charge in [-0.15, -0.1) is 11.3 Å². The number of nitrogens with zero attached hydrogens (tertiary/aromatic N) is 2. The van der Waals surface area contributed by atoms with Gasteiger partial charge in [-0.25, -0.2) is 9.78 Å². The zero-order chi connectivity index (χ0) is 11.7. The Kier molecular flexibility index (Phi) is 2.61. The van der Waals surface area contributed by atoms with E-state index in [9.17, 15) is 4.79 Å². The van der Waals surface area contributed by atoms with Crippen LogP contribution in [-0.2, 0) is 0 Å². The zero-order valence-corrected chi connectivity index (χ0v) is 9.46. The molecular formula is C9H9N3O3S. The van der Waals surface area contributed by atoms with Crippen LogP contribution in [0.4, 0.5) is 10.9 Å². The van der Waals surface area contributed by atoms with E-state index in [0.717, 1.165) is 5.69 Å². The highest BCUT2D eigenvalue weighted by Gasteiger charge is 2.17. The molecule has 16 heavy (non-hydrogen) atoms. The molecule has 0 bridgehead atoms. The lowest BCUT2D eigenvalue weighted by atomic mass is 10.4. The van der Waals surface area contributed by atoms with Crippen molar-refractivity contribution in [3.63, 3.8) is 0 Å². The summed E-state index contributed by atoms with van der Waals surface area (Å²) in [5.74, 6) is -0.660. The first-order valence-corrected chi connectivity index (χ1v) is 5.29. The first-order valence-electron chi connectivity index (χ1n) is 4.47. The molecule has 2 N–H and O–H groups in total. The van der Waals surface area contributed by atoms with E-state index < -0.39 is 5.97 Å². The number of carboxylic acid groups (broad SMARTS) is 1. The maximum absolute atomic E-state index is 10.9. The first kappa shape index (κ1) is 10.6. The second kappa shape index (κ2) is 3.93. The monoisotopic (exact) mass is 239 g/mol. The Morgan fingerprint density at radius 1 is 1.56 bits per heavy atom. The average Bonchev–Trinajstić information content (AvgIpc) is 2.74. The Balaban J connectivity index is 2.30. The van der Waals surface area contributed by atoms with Crippen molar-refractivity contribution in [3.8, 4) is 0 Å². The molecule has 84 valence electrons. The van der Waals surface area contributed by atoms with Crippen LogP contribution in [0.5, 0.6) is 0 Å². The Labute approximate surface area is 94.9 Å². The largest absolute Gasteiger partial charge is 0.476 e.